The van der Waals surface area contributed by atoms with Crippen LogP contribution in [-0.4, -0.2) is 25.0 Å². The first-order valence-electron chi connectivity index (χ1n) is 7.56. The first-order chi connectivity index (χ1) is 9.50. The molecule has 2 unspecified atom stereocenters. The van der Waals surface area contributed by atoms with Gasteiger partial charge in [0.05, 0.1) is 6.04 Å². The molecule has 3 nitrogen and oxygen atoms in total. The molecule has 0 fully saturated rings. The quantitative estimate of drug-likeness (QED) is 0.766. The van der Waals surface area contributed by atoms with Crippen molar-refractivity contribution in [3.8, 4) is 0 Å². The van der Waals surface area contributed by atoms with Crippen LogP contribution in [0, 0.1) is 5.92 Å². The monoisotopic (exact) mass is 276 g/mol. The lowest BCUT2D eigenvalue weighted by Gasteiger charge is -2.17. The molecule has 0 radical (unpaired) electrons. The summed E-state index contributed by atoms with van der Waals surface area (Å²) in [5.41, 5.74) is 1.35. The van der Waals surface area contributed by atoms with Crippen LogP contribution in [0.4, 0.5) is 0 Å². The number of nitrogens with one attached hydrogen (secondary N) is 2. The van der Waals surface area contributed by atoms with Crippen LogP contribution in [0.2, 0.25) is 0 Å². The fraction of sp³-hybridized carbons (Fsp3) is 0.588. The van der Waals surface area contributed by atoms with Gasteiger partial charge in [-0.1, -0.05) is 51.1 Å². The average Bonchev–Trinajstić information content (AvgIpc) is 2.45. The highest BCUT2D eigenvalue weighted by Crippen LogP contribution is 2.17. The molecule has 2 N–H and O–H groups in total. The predicted octanol–water partition coefficient (Wildman–Crippen LogP) is 2.93. The molecule has 1 aromatic rings. The molecule has 3 heteroatoms. The SMILES string of the molecule is CC(C)CNC(=O)C(C)NCCC(C)c1ccccc1. The Balaban J connectivity index is 2.24. The van der Waals surface area contributed by atoms with Crippen molar-refractivity contribution >= 4 is 5.91 Å². The second-order valence-corrected chi connectivity index (χ2v) is 5.92. The molecule has 0 aliphatic heterocycles. The second kappa shape index (κ2) is 8.75. The molecule has 0 saturated heterocycles. The maximum Gasteiger partial charge on any atom is 0.236 e. The van der Waals surface area contributed by atoms with E-state index in [1.807, 2.05) is 13.0 Å². The Labute approximate surface area is 123 Å². The minimum atomic E-state index is -0.128. The van der Waals surface area contributed by atoms with Gasteiger partial charge in [-0.15, -0.1) is 0 Å². The van der Waals surface area contributed by atoms with Crippen LogP contribution in [0.15, 0.2) is 30.3 Å². The Bertz CT molecular complexity index is 389. The Morgan fingerprint density at radius 1 is 1.10 bits per heavy atom. The third-order valence-corrected chi connectivity index (χ3v) is 3.47. The lowest BCUT2D eigenvalue weighted by atomic mass is 9.98. The van der Waals surface area contributed by atoms with E-state index in [0.29, 0.717) is 11.8 Å². The van der Waals surface area contributed by atoms with Gasteiger partial charge in [-0.25, -0.2) is 0 Å². The summed E-state index contributed by atoms with van der Waals surface area (Å²) in [6, 6.07) is 10.4. The first kappa shape index (κ1) is 16.7. The van der Waals surface area contributed by atoms with Crippen LogP contribution in [0.3, 0.4) is 0 Å². The number of benzene rings is 1. The van der Waals surface area contributed by atoms with E-state index in [2.05, 4.69) is 55.7 Å². The average molecular weight is 276 g/mol. The zero-order valence-corrected chi connectivity index (χ0v) is 13.1. The molecule has 0 aliphatic carbocycles. The highest BCUT2D eigenvalue weighted by Gasteiger charge is 2.12. The lowest BCUT2D eigenvalue weighted by Crippen LogP contribution is -2.43. The molecule has 0 aliphatic rings. The fourth-order valence-corrected chi connectivity index (χ4v) is 2.02. The topological polar surface area (TPSA) is 41.1 Å². The van der Waals surface area contributed by atoms with Crippen LogP contribution in [0.1, 0.15) is 45.6 Å². The summed E-state index contributed by atoms with van der Waals surface area (Å²) in [4.78, 5) is 11.8. The Hall–Kier alpha value is -1.35. The summed E-state index contributed by atoms with van der Waals surface area (Å²) in [6.45, 7) is 9.93. The summed E-state index contributed by atoms with van der Waals surface area (Å²) in [7, 11) is 0. The van der Waals surface area contributed by atoms with Crippen LogP contribution in [-0.2, 0) is 4.79 Å². The molecule has 1 aromatic carbocycles. The number of amides is 1. The standard InChI is InChI=1S/C17H28N2O/c1-13(2)12-19-17(20)15(4)18-11-10-14(3)16-8-6-5-7-9-16/h5-9,13-15,18H,10-12H2,1-4H3,(H,19,20). The Kier molecular flexibility index (Phi) is 7.31. The zero-order chi connectivity index (χ0) is 15.0. The number of hydrogen-bond donors (Lipinski definition) is 2. The van der Waals surface area contributed by atoms with Gasteiger partial charge in [-0.3, -0.25) is 4.79 Å². The fourth-order valence-electron chi connectivity index (χ4n) is 2.02. The molecular formula is C17H28N2O. The molecule has 0 aromatic heterocycles. The van der Waals surface area contributed by atoms with E-state index in [0.717, 1.165) is 19.5 Å². The van der Waals surface area contributed by atoms with Crippen LogP contribution >= 0.6 is 0 Å². The molecule has 1 amide bonds. The van der Waals surface area contributed by atoms with Crippen molar-refractivity contribution in [3.05, 3.63) is 35.9 Å². The van der Waals surface area contributed by atoms with Crippen molar-refractivity contribution in [2.45, 2.75) is 46.1 Å². The molecule has 0 bridgehead atoms. The molecule has 20 heavy (non-hydrogen) atoms. The number of carbonyl (C=O) groups is 1. The van der Waals surface area contributed by atoms with E-state index in [1.54, 1.807) is 0 Å². The van der Waals surface area contributed by atoms with E-state index < -0.39 is 0 Å². The maximum atomic E-state index is 11.8. The van der Waals surface area contributed by atoms with Crippen molar-refractivity contribution in [1.82, 2.24) is 10.6 Å². The molecule has 0 heterocycles. The van der Waals surface area contributed by atoms with Gasteiger partial charge in [0.15, 0.2) is 0 Å². The normalized spacial score (nSPS) is 14.1. The van der Waals surface area contributed by atoms with Gasteiger partial charge in [0.2, 0.25) is 5.91 Å². The van der Waals surface area contributed by atoms with Crippen molar-refractivity contribution < 1.29 is 4.79 Å². The van der Waals surface area contributed by atoms with Gasteiger partial charge in [-0.2, -0.15) is 0 Å². The second-order valence-electron chi connectivity index (χ2n) is 5.92. The smallest absolute Gasteiger partial charge is 0.236 e. The summed E-state index contributed by atoms with van der Waals surface area (Å²) >= 11 is 0. The van der Waals surface area contributed by atoms with E-state index in [9.17, 15) is 4.79 Å². The largest absolute Gasteiger partial charge is 0.354 e. The number of hydrogen-bond acceptors (Lipinski definition) is 2. The van der Waals surface area contributed by atoms with E-state index in [4.69, 9.17) is 0 Å². The van der Waals surface area contributed by atoms with Crippen LogP contribution in [0.5, 0.6) is 0 Å². The summed E-state index contributed by atoms with van der Waals surface area (Å²) in [5.74, 6) is 1.09. The Morgan fingerprint density at radius 3 is 2.35 bits per heavy atom. The number of rotatable bonds is 8. The summed E-state index contributed by atoms with van der Waals surface area (Å²) < 4.78 is 0. The minimum absolute atomic E-state index is 0.0889. The van der Waals surface area contributed by atoms with Gasteiger partial charge < -0.3 is 10.6 Å². The molecular weight excluding hydrogens is 248 g/mol. The van der Waals surface area contributed by atoms with Crippen molar-refractivity contribution in [1.29, 1.82) is 0 Å². The minimum Gasteiger partial charge on any atom is -0.354 e. The molecule has 2 atom stereocenters. The highest BCUT2D eigenvalue weighted by molar-refractivity contribution is 5.81. The van der Waals surface area contributed by atoms with Gasteiger partial charge in [-0.05, 0) is 37.3 Å². The summed E-state index contributed by atoms with van der Waals surface area (Å²) in [6.07, 6.45) is 1.03. The summed E-state index contributed by atoms with van der Waals surface area (Å²) in [5, 5.41) is 6.24. The predicted molar refractivity (Wildman–Crippen MR) is 84.8 cm³/mol. The van der Waals surface area contributed by atoms with Crippen molar-refractivity contribution in [3.63, 3.8) is 0 Å². The van der Waals surface area contributed by atoms with Crippen molar-refractivity contribution in [2.24, 2.45) is 5.92 Å². The zero-order valence-electron chi connectivity index (χ0n) is 13.1. The van der Waals surface area contributed by atoms with E-state index >= 15 is 0 Å². The van der Waals surface area contributed by atoms with Gasteiger partial charge in [0.1, 0.15) is 0 Å². The Morgan fingerprint density at radius 2 is 1.75 bits per heavy atom. The first-order valence-corrected chi connectivity index (χ1v) is 7.56. The molecule has 1 rings (SSSR count). The molecule has 0 spiro atoms. The van der Waals surface area contributed by atoms with Gasteiger partial charge >= 0.3 is 0 Å². The van der Waals surface area contributed by atoms with Gasteiger partial charge in [0, 0.05) is 6.54 Å². The van der Waals surface area contributed by atoms with Crippen LogP contribution in [0.25, 0.3) is 0 Å². The van der Waals surface area contributed by atoms with Gasteiger partial charge in [0.25, 0.3) is 0 Å². The van der Waals surface area contributed by atoms with E-state index in [1.165, 1.54) is 5.56 Å². The third-order valence-electron chi connectivity index (χ3n) is 3.47. The maximum absolute atomic E-state index is 11.8. The number of carbonyl (C=O) groups excluding carboxylic acids is 1. The molecule has 112 valence electrons. The highest BCUT2D eigenvalue weighted by atomic mass is 16.2. The third kappa shape index (κ3) is 6.20. The van der Waals surface area contributed by atoms with Crippen LogP contribution < -0.4 is 10.6 Å². The van der Waals surface area contributed by atoms with Crippen molar-refractivity contribution in [2.75, 3.05) is 13.1 Å². The molecule has 0 saturated carbocycles. The lowest BCUT2D eigenvalue weighted by molar-refractivity contribution is -0.122. The van der Waals surface area contributed by atoms with E-state index in [-0.39, 0.29) is 11.9 Å².